The van der Waals surface area contributed by atoms with Gasteiger partial charge in [0.25, 0.3) is 5.91 Å². The van der Waals surface area contributed by atoms with Crippen molar-refractivity contribution >= 4 is 51.1 Å². The number of thiophene rings is 1. The smallest absolute Gasteiger partial charge is 0.250 e. The quantitative estimate of drug-likeness (QED) is 0.474. The molecule has 2 amide bonds. The zero-order valence-corrected chi connectivity index (χ0v) is 16.7. The van der Waals surface area contributed by atoms with E-state index in [1.54, 1.807) is 29.5 Å². The summed E-state index contributed by atoms with van der Waals surface area (Å²) in [4.78, 5) is 25.2. The minimum atomic E-state index is -0.822. The summed E-state index contributed by atoms with van der Waals surface area (Å²) in [5, 5.41) is 9.27. The largest absolute Gasteiger partial charge is 0.371 e. The van der Waals surface area contributed by atoms with E-state index in [9.17, 15) is 9.59 Å². The van der Waals surface area contributed by atoms with E-state index in [0.717, 1.165) is 15.6 Å². The average Bonchev–Trinajstić information content (AvgIpc) is 2.97. The number of primary amides is 2. The summed E-state index contributed by atoms with van der Waals surface area (Å²) < 4.78 is 4.23. The first-order valence-corrected chi connectivity index (χ1v) is 10.3. The third-order valence-corrected chi connectivity index (χ3v) is 6.61. The van der Waals surface area contributed by atoms with E-state index >= 15 is 0 Å². The molecule has 1 aromatic carbocycles. The molecule has 7 nitrogen and oxygen atoms in total. The summed E-state index contributed by atoms with van der Waals surface area (Å²) in [6.07, 6.45) is 0.636. The molecule has 1 aliphatic rings. The van der Waals surface area contributed by atoms with Gasteiger partial charge < -0.3 is 22.1 Å². The topological polar surface area (TPSA) is 123 Å². The molecule has 2 aromatic heterocycles. The molecule has 4 rings (SSSR count). The number of aryl methyl sites for hydroxylation is 1. The molecule has 1 aliphatic carbocycles. The Morgan fingerprint density at radius 2 is 2.07 bits per heavy atom. The summed E-state index contributed by atoms with van der Waals surface area (Å²) in [6.45, 7) is 1.89. The highest BCUT2D eigenvalue weighted by atomic mass is 32.1. The zero-order valence-electron chi connectivity index (χ0n) is 15.1. The Morgan fingerprint density at radius 1 is 1.25 bits per heavy atom. The van der Waals surface area contributed by atoms with E-state index in [-0.39, 0.29) is 5.92 Å². The Kier molecular flexibility index (Phi) is 4.56. The van der Waals surface area contributed by atoms with Crippen LogP contribution in [-0.2, 0) is 4.79 Å². The number of aromatic nitrogens is 1. The van der Waals surface area contributed by atoms with E-state index in [0.29, 0.717) is 23.4 Å². The first-order chi connectivity index (χ1) is 13.4. The normalized spacial score (nSPS) is 20.5. The molecule has 0 bridgehead atoms. The number of amides is 2. The molecule has 0 aliphatic heterocycles. The fraction of sp³-hybridized carbons (Fsp3) is 0.211. The second-order valence-corrected chi connectivity index (χ2v) is 8.60. The van der Waals surface area contributed by atoms with Crippen LogP contribution in [-0.4, -0.2) is 21.7 Å². The number of carbonyl (C=O) groups excluding carboxylic acids is 2. The molecule has 0 unspecified atom stereocenters. The monoisotopic (exact) mass is 413 g/mol. The number of rotatable bonds is 7. The SMILES string of the molecule is Cc1cc(Nc2cc(N[C@@]3(C(N)=O)C[C@@H]3c3cccs3)ccc2C(N)=O)sn1. The van der Waals surface area contributed by atoms with Crippen molar-refractivity contribution in [3.05, 3.63) is 57.9 Å². The highest BCUT2D eigenvalue weighted by Crippen LogP contribution is 2.54. The van der Waals surface area contributed by atoms with Crippen LogP contribution in [0.1, 0.15) is 33.3 Å². The van der Waals surface area contributed by atoms with Gasteiger partial charge in [0.15, 0.2) is 0 Å². The standard InChI is InChI=1S/C19H19N5O2S2/c1-10-7-16(28-24-10)22-14-8-11(4-5-12(14)17(20)25)23-19(18(21)26)9-13(19)15-3-2-6-27-15/h2-8,13,22-23H,9H2,1H3,(H2,20,25)(H2,21,26)/t13-,19+/m1/s1. The number of benzene rings is 1. The van der Waals surface area contributed by atoms with Gasteiger partial charge in [-0.25, -0.2) is 0 Å². The molecular formula is C19H19N5O2S2. The summed E-state index contributed by atoms with van der Waals surface area (Å²) in [5.41, 5.74) is 12.9. The molecule has 2 atom stereocenters. The van der Waals surface area contributed by atoms with Gasteiger partial charge in [0.05, 0.1) is 16.9 Å². The number of nitrogens with two attached hydrogens (primary N) is 2. The maximum atomic E-state index is 12.2. The van der Waals surface area contributed by atoms with Crippen LogP contribution in [0, 0.1) is 6.92 Å². The van der Waals surface area contributed by atoms with Crippen LogP contribution in [0.2, 0.25) is 0 Å². The second kappa shape index (κ2) is 6.92. The van der Waals surface area contributed by atoms with Crippen LogP contribution >= 0.6 is 22.9 Å². The lowest BCUT2D eigenvalue weighted by atomic mass is 10.1. The van der Waals surface area contributed by atoms with Crippen molar-refractivity contribution in [1.29, 1.82) is 0 Å². The molecular weight excluding hydrogens is 394 g/mol. The molecule has 28 heavy (non-hydrogen) atoms. The van der Waals surface area contributed by atoms with Crippen LogP contribution in [0.3, 0.4) is 0 Å². The number of nitrogens with one attached hydrogen (secondary N) is 2. The lowest BCUT2D eigenvalue weighted by Gasteiger charge is -2.19. The van der Waals surface area contributed by atoms with Gasteiger partial charge in [-0.15, -0.1) is 11.3 Å². The molecule has 0 spiro atoms. The summed E-state index contributed by atoms with van der Waals surface area (Å²) >= 11 is 2.90. The van der Waals surface area contributed by atoms with Gasteiger partial charge in [0.1, 0.15) is 10.5 Å². The van der Waals surface area contributed by atoms with Gasteiger partial charge in [-0.1, -0.05) is 6.07 Å². The predicted molar refractivity (Wildman–Crippen MR) is 112 cm³/mol. The van der Waals surface area contributed by atoms with Crippen LogP contribution in [0.4, 0.5) is 16.4 Å². The number of nitrogens with zero attached hydrogens (tertiary/aromatic N) is 1. The van der Waals surface area contributed by atoms with Crippen molar-refractivity contribution < 1.29 is 9.59 Å². The molecule has 144 valence electrons. The van der Waals surface area contributed by atoms with Crippen molar-refractivity contribution in [1.82, 2.24) is 4.37 Å². The minimum Gasteiger partial charge on any atom is -0.371 e. The van der Waals surface area contributed by atoms with Crippen molar-refractivity contribution in [3.8, 4) is 0 Å². The van der Waals surface area contributed by atoms with Crippen molar-refractivity contribution in [3.63, 3.8) is 0 Å². The molecule has 0 saturated heterocycles. The molecule has 1 saturated carbocycles. The first kappa shape index (κ1) is 18.5. The maximum Gasteiger partial charge on any atom is 0.250 e. The third-order valence-electron chi connectivity index (χ3n) is 4.83. The molecule has 2 heterocycles. The lowest BCUT2D eigenvalue weighted by molar-refractivity contribution is -0.119. The summed E-state index contributed by atoms with van der Waals surface area (Å²) in [5.74, 6) is -0.887. The zero-order chi connectivity index (χ0) is 19.9. The van der Waals surface area contributed by atoms with E-state index in [1.807, 2.05) is 30.5 Å². The maximum absolute atomic E-state index is 12.2. The highest BCUT2D eigenvalue weighted by Gasteiger charge is 2.60. The lowest BCUT2D eigenvalue weighted by Crippen LogP contribution is -2.39. The van der Waals surface area contributed by atoms with Gasteiger partial charge in [-0.05, 0) is 60.6 Å². The fourth-order valence-corrected chi connectivity index (χ4v) is 4.92. The number of anilines is 3. The minimum absolute atomic E-state index is 0.0429. The van der Waals surface area contributed by atoms with Crippen molar-refractivity contribution in [2.45, 2.75) is 24.8 Å². The van der Waals surface area contributed by atoms with Gasteiger partial charge in [-0.3, -0.25) is 9.59 Å². The number of hydrogen-bond donors (Lipinski definition) is 4. The second-order valence-electron chi connectivity index (χ2n) is 6.81. The Morgan fingerprint density at radius 3 is 2.68 bits per heavy atom. The van der Waals surface area contributed by atoms with E-state index in [4.69, 9.17) is 11.5 Å². The molecule has 9 heteroatoms. The van der Waals surface area contributed by atoms with Crippen molar-refractivity contribution in [2.75, 3.05) is 10.6 Å². The van der Waals surface area contributed by atoms with Gasteiger partial charge >= 0.3 is 0 Å². The van der Waals surface area contributed by atoms with E-state index in [2.05, 4.69) is 15.0 Å². The average molecular weight is 414 g/mol. The van der Waals surface area contributed by atoms with Crippen LogP contribution < -0.4 is 22.1 Å². The Balaban J connectivity index is 1.63. The van der Waals surface area contributed by atoms with Crippen molar-refractivity contribution in [2.24, 2.45) is 11.5 Å². The Bertz CT molecular complexity index is 1050. The Hall–Kier alpha value is -2.91. The van der Waals surface area contributed by atoms with Gasteiger partial charge in [0.2, 0.25) is 5.91 Å². The summed E-state index contributed by atoms with van der Waals surface area (Å²) in [6, 6.07) is 11.0. The van der Waals surface area contributed by atoms with E-state index < -0.39 is 17.4 Å². The van der Waals surface area contributed by atoms with Gasteiger partial charge in [-0.2, -0.15) is 4.37 Å². The molecule has 3 aromatic rings. The van der Waals surface area contributed by atoms with Crippen LogP contribution in [0.5, 0.6) is 0 Å². The van der Waals surface area contributed by atoms with Gasteiger partial charge in [0, 0.05) is 16.5 Å². The predicted octanol–water partition coefficient (Wildman–Crippen LogP) is 3.18. The first-order valence-electron chi connectivity index (χ1n) is 8.65. The fourth-order valence-electron chi connectivity index (χ4n) is 3.32. The molecule has 1 fully saturated rings. The number of hydrogen-bond acceptors (Lipinski definition) is 7. The Labute approximate surface area is 169 Å². The summed E-state index contributed by atoms with van der Waals surface area (Å²) in [7, 11) is 0. The molecule has 0 radical (unpaired) electrons. The van der Waals surface area contributed by atoms with Crippen LogP contribution in [0.25, 0.3) is 0 Å². The van der Waals surface area contributed by atoms with E-state index in [1.165, 1.54) is 11.5 Å². The number of carbonyl (C=O) groups is 2. The van der Waals surface area contributed by atoms with Crippen LogP contribution in [0.15, 0.2) is 41.8 Å². The molecule has 6 N–H and O–H groups in total. The third kappa shape index (κ3) is 3.34. The highest BCUT2D eigenvalue weighted by molar-refractivity contribution is 7.10.